The number of rotatable bonds is 9. The molecule has 1 N–H and O–H groups in total. The molecule has 0 saturated carbocycles. The van der Waals surface area contributed by atoms with Crippen LogP contribution in [0.2, 0.25) is 0 Å². The summed E-state index contributed by atoms with van der Waals surface area (Å²) in [4.78, 5) is 28.9. The molecule has 136 valence electrons. The van der Waals surface area contributed by atoms with E-state index in [1.165, 1.54) is 0 Å². The van der Waals surface area contributed by atoms with E-state index in [0.29, 0.717) is 24.3 Å². The van der Waals surface area contributed by atoms with Crippen LogP contribution in [-0.4, -0.2) is 27.8 Å². The van der Waals surface area contributed by atoms with Crippen molar-refractivity contribution < 1.29 is 4.79 Å². The van der Waals surface area contributed by atoms with Gasteiger partial charge in [0.15, 0.2) is 5.16 Å². The number of fused-ring (bicyclic) bond motifs is 1. The first-order chi connectivity index (χ1) is 12.0. The van der Waals surface area contributed by atoms with Crippen LogP contribution in [0.15, 0.2) is 34.2 Å². The van der Waals surface area contributed by atoms with E-state index in [0.717, 1.165) is 35.8 Å². The molecule has 0 atom stereocenters. The van der Waals surface area contributed by atoms with Gasteiger partial charge >= 0.3 is 0 Å². The lowest BCUT2D eigenvalue weighted by atomic mass is 10.2. The molecule has 0 aliphatic rings. The number of para-hydroxylation sites is 1. The number of carbonyl (C=O) groups is 1. The van der Waals surface area contributed by atoms with Crippen LogP contribution < -0.4 is 10.9 Å². The van der Waals surface area contributed by atoms with E-state index in [1.54, 1.807) is 16.3 Å². The van der Waals surface area contributed by atoms with Gasteiger partial charge in [0, 0.05) is 25.3 Å². The van der Waals surface area contributed by atoms with Crippen molar-refractivity contribution in [3.63, 3.8) is 0 Å². The van der Waals surface area contributed by atoms with E-state index in [-0.39, 0.29) is 11.5 Å². The van der Waals surface area contributed by atoms with Gasteiger partial charge in [0.2, 0.25) is 5.91 Å². The molecule has 0 saturated heterocycles. The molecule has 1 aromatic heterocycles. The second-order valence-corrected chi connectivity index (χ2v) is 7.53. The SMILES string of the molecule is CCn1c(SCCCCC(=O)NCC(C)C)nc2ccccc2c1=O. The van der Waals surface area contributed by atoms with E-state index in [4.69, 9.17) is 0 Å². The number of nitrogens with one attached hydrogen (secondary N) is 1. The Morgan fingerprint density at radius 2 is 2.04 bits per heavy atom. The van der Waals surface area contributed by atoms with E-state index in [1.807, 2.05) is 31.2 Å². The maximum Gasteiger partial charge on any atom is 0.262 e. The molecule has 0 radical (unpaired) electrons. The minimum atomic E-state index is 0.0173. The number of thioether (sulfide) groups is 1. The van der Waals surface area contributed by atoms with Gasteiger partial charge in [0.25, 0.3) is 5.56 Å². The molecule has 5 nitrogen and oxygen atoms in total. The van der Waals surface area contributed by atoms with E-state index in [2.05, 4.69) is 24.1 Å². The Labute approximate surface area is 153 Å². The zero-order valence-electron chi connectivity index (χ0n) is 15.2. The van der Waals surface area contributed by atoms with Crippen molar-refractivity contribution in [2.75, 3.05) is 12.3 Å². The van der Waals surface area contributed by atoms with E-state index in [9.17, 15) is 9.59 Å². The molecule has 2 aromatic rings. The average molecular weight is 362 g/mol. The number of unbranched alkanes of at least 4 members (excludes halogenated alkanes) is 1. The molecule has 0 aliphatic heterocycles. The van der Waals surface area contributed by atoms with Crippen LogP contribution in [0.3, 0.4) is 0 Å². The summed E-state index contributed by atoms with van der Waals surface area (Å²) in [7, 11) is 0. The summed E-state index contributed by atoms with van der Waals surface area (Å²) in [5, 5.41) is 4.36. The normalized spacial score (nSPS) is 11.2. The lowest BCUT2D eigenvalue weighted by molar-refractivity contribution is -0.121. The van der Waals surface area contributed by atoms with E-state index >= 15 is 0 Å². The van der Waals surface area contributed by atoms with Crippen LogP contribution >= 0.6 is 11.8 Å². The highest BCUT2D eigenvalue weighted by Gasteiger charge is 2.10. The Kier molecular flexibility index (Phi) is 7.50. The van der Waals surface area contributed by atoms with Gasteiger partial charge in [-0.15, -0.1) is 0 Å². The second kappa shape index (κ2) is 9.61. The molecular weight excluding hydrogens is 334 g/mol. The molecular formula is C19H27N3O2S. The first-order valence-corrected chi connectivity index (χ1v) is 9.90. The van der Waals surface area contributed by atoms with Crippen molar-refractivity contribution in [1.29, 1.82) is 0 Å². The minimum Gasteiger partial charge on any atom is -0.356 e. The third-order valence-electron chi connectivity index (χ3n) is 3.88. The number of benzene rings is 1. The molecule has 25 heavy (non-hydrogen) atoms. The van der Waals surface area contributed by atoms with Crippen molar-refractivity contribution in [1.82, 2.24) is 14.9 Å². The molecule has 0 unspecified atom stereocenters. The summed E-state index contributed by atoms with van der Waals surface area (Å²) in [5.41, 5.74) is 0.761. The highest BCUT2D eigenvalue weighted by atomic mass is 32.2. The molecule has 0 bridgehead atoms. The third kappa shape index (κ3) is 5.59. The second-order valence-electron chi connectivity index (χ2n) is 6.46. The summed E-state index contributed by atoms with van der Waals surface area (Å²) < 4.78 is 1.72. The Hall–Kier alpha value is -1.82. The lowest BCUT2D eigenvalue weighted by Gasteiger charge is -2.11. The monoisotopic (exact) mass is 361 g/mol. The number of aromatic nitrogens is 2. The van der Waals surface area contributed by atoms with Gasteiger partial charge in [0.1, 0.15) is 0 Å². The van der Waals surface area contributed by atoms with Crippen LogP contribution in [0, 0.1) is 5.92 Å². The molecule has 0 aliphatic carbocycles. The number of carbonyl (C=O) groups excluding carboxylic acids is 1. The maximum atomic E-state index is 12.5. The molecule has 6 heteroatoms. The Bertz CT molecular complexity index is 771. The summed E-state index contributed by atoms with van der Waals surface area (Å²) in [6.45, 7) is 7.47. The van der Waals surface area contributed by atoms with Crippen LogP contribution in [0.25, 0.3) is 10.9 Å². The third-order valence-corrected chi connectivity index (χ3v) is 4.94. The van der Waals surface area contributed by atoms with Gasteiger partial charge < -0.3 is 5.32 Å². The average Bonchev–Trinajstić information content (AvgIpc) is 2.60. The first kappa shape index (κ1) is 19.5. The lowest BCUT2D eigenvalue weighted by Crippen LogP contribution is -2.26. The molecule has 0 spiro atoms. The van der Waals surface area contributed by atoms with Crippen LogP contribution in [0.5, 0.6) is 0 Å². The summed E-state index contributed by atoms with van der Waals surface area (Å²) in [6, 6.07) is 7.46. The zero-order chi connectivity index (χ0) is 18.2. The Balaban J connectivity index is 1.89. The number of nitrogens with zero attached hydrogens (tertiary/aromatic N) is 2. The number of amides is 1. The van der Waals surface area contributed by atoms with Gasteiger partial charge in [-0.25, -0.2) is 4.98 Å². The topological polar surface area (TPSA) is 64.0 Å². The molecule has 1 aromatic carbocycles. The van der Waals surface area contributed by atoms with Crippen molar-refractivity contribution in [2.24, 2.45) is 5.92 Å². The van der Waals surface area contributed by atoms with Crippen LogP contribution in [-0.2, 0) is 11.3 Å². The quantitative estimate of drug-likeness (QED) is 0.422. The summed E-state index contributed by atoms with van der Waals surface area (Å²) >= 11 is 1.59. The van der Waals surface area contributed by atoms with Crippen molar-refractivity contribution in [3.05, 3.63) is 34.6 Å². The molecule has 0 fully saturated rings. The Morgan fingerprint density at radius 1 is 1.28 bits per heavy atom. The predicted octanol–water partition coefficient (Wildman–Crippen LogP) is 3.45. The van der Waals surface area contributed by atoms with Crippen LogP contribution in [0.1, 0.15) is 40.0 Å². The first-order valence-electron chi connectivity index (χ1n) is 8.92. The highest BCUT2D eigenvalue weighted by Crippen LogP contribution is 2.19. The van der Waals surface area contributed by atoms with Crippen LogP contribution in [0.4, 0.5) is 0 Å². The molecule has 1 amide bonds. The number of hydrogen-bond donors (Lipinski definition) is 1. The fraction of sp³-hybridized carbons (Fsp3) is 0.526. The van der Waals surface area contributed by atoms with Crippen molar-refractivity contribution in [3.8, 4) is 0 Å². The molecule has 1 heterocycles. The minimum absolute atomic E-state index is 0.0173. The van der Waals surface area contributed by atoms with Gasteiger partial charge in [0.05, 0.1) is 10.9 Å². The molecule has 2 rings (SSSR count). The van der Waals surface area contributed by atoms with Gasteiger partial charge in [-0.2, -0.15) is 0 Å². The van der Waals surface area contributed by atoms with Crippen molar-refractivity contribution >= 4 is 28.6 Å². The highest BCUT2D eigenvalue weighted by molar-refractivity contribution is 7.99. The standard InChI is InChI=1S/C19H27N3O2S/c1-4-22-18(24)15-9-5-6-10-16(15)21-19(22)25-12-8-7-11-17(23)20-13-14(2)3/h5-6,9-10,14H,4,7-8,11-13H2,1-3H3,(H,20,23). The number of hydrogen-bond acceptors (Lipinski definition) is 4. The summed E-state index contributed by atoms with van der Waals surface area (Å²) in [6.07, 6.45) is 2.33. The van der Waals surface area contributed by atoms with Crippen molar-refractivity contribution in [2.45, 2.75) is 51.7 Å². The van der Waals surface area contributed by atoms with Gasteiger partial charge in [-0.3, -0.25) is 14.2 Å². The predicted molar refractivity (Wildman–Crippen MR) is 104 cm³/mol. The largest absolute Gasteiger partial charge is 0.356 e. The van der Waals surface area contributed by atoms with Gasteiger partial charge in [-0.1, -0.05) is 37.7 Å². The fourth-order valence-electron chi connectivity index (χ4n) is 2.49. The fourth-order valence-corrected chi connectivity index (χ4v) is 3.56. The van der Waals surface area contributed by atoms with E-state index < -0.39 is 0 Å². The summed E-state index contributed by atoms with van der Waals surface area (Å²) in [5.74, 6) is 1.44. The van der Waals surface area contributed by atoms with Gasteiger partial charge in [-0.05, 0) is 37.8 Å². The Morgan fingerprint density at radius 3 is 2.76 bits per heavy atom. The maximum absolute atomic E-state index is 12.5. The zero-order valence-corrected chi connectivity index (χ0v) is 16.1. The smallest absolute Gasteiger partial charge is 0.262 e.